The maximum Gasteiger partial charge on any atom is 0.385 e. The van der Waals surface area contributed by atoms with Gasteiger partial charge < -0.3 is 15.5 Å². The van der Waals surface area contributed by atoms with Crippen LogP contribution >= 0.6 is 0 Å². The molecule has 0 aliphatic rings. The van der Waals surface area contributed by atoms with E-state index >= 15 is 0 Å². The third-order valence-electron chi connectivity index (χ3n) is 3.09. The molecule has 0 spiro atoms. The number of carbonyl (C=O) groups is 1. The Kier molecular flexibility index (Phi) is 6.64. The maximum absolute atomic E-state index is 12.0. The van der Waals surface area contributed by atoms with E-state index in [-0.39, 0.29) is 11.9 Å². The summed E-state index contributed by atoms with van der Waals surface area (Å²) in [6.45, 7) is 1.55. The summed E-state index contributed by atoms with van der Waals surface area (Å²) >= 11 is 0. The van der Waals surface area contributed by atoms with E-state index in [1.807, 2.05) is 21.1 Å². The second-order valence-corrected chi connectivity index (χ2v) is 4.93. The average molecular weight is 276 g/mol. The molecule has 1 amide bonds. The molecule has 108 valence electrons. The molecule has 0 fully saturated rings. The number of carbonyl (C=O) groups excluding carboxylic acids is 1. The summed E-state index contributed by atoms with van der Waals surface area (Å²) < 4.78 is 0. The summed E-state index contributed by atoms with van der Waals surface area (Å²) in [5, 5.41) is 14.7. The molecule has 0 aliphatic heterocycles. The molecule has 0 saturated carbocycles. The number of diazo groups is 1. The fourth-order valence-corrected chi connectivity index (χ4v) is 1.76. The Hall–Kier alpha value is -1.97. The third kappa shape index (κ3) is 5.34. The molecule has 0 aromatic heterocycles. The molecule has 2 N–H and O–H groups in total. The quantitative estimate of drug-likeness (QED) is 0.739. The number of amides is 1. The summed E-state index contributed by atoms with van der Waals surface area (Å²) in [5.41, 5.74) is 0.987. The van der Waals surface area contributed by atoms with Gasteiger partial charge in [-0.2, -0.15) is 0 Å². The Morgan fingerprint density at radius 1 is 1.35 bits per heavy atom. The zero-order valence-corrected chi connectivity index (χ0v) is 12.3. The summed E-state index contributed by atoms with van der Waals surface area (Å²) in [5.74, 6) is -0.125. The standard InChI is InChI=1S/C14H21N5O/c1-16-13(8-9-19(2)3)10-17-14(20)11-4-6-12(18-15)7-5-11/h4-7,13,16H,8-10H2,1-3H3/p+1. The lowest BCUT2D eigenvalue weighted by atomic mass is 10.1. The molecule has 0 bridgehead atoms. The topological polar surface area (TPSA) is 72.5 Å². The van der Waals surface area contributed by atoms with Crippen LogP contribution in [0.3, 0.4) is 0 Å². The minimum Gasteiger partial charge on any atom is -0.350 e. The van der Waals surface area contributed by atoms with Crippen molar-refractivity contribution in [2.24, 2.45) is 0 Å². The first kappa shape index (κ1) is 16.1. The maximum atomic E-state index is 12.0. The Labute approximate surface area is 119 Å². The van der Waals surface area contributed by atoms with Gasteiger partial charge in [0.25, 0.3) is 5.91 Å². The fourth-order valence-electron chi connectivity index (χ4n) is 1.76. The lowest BCUT2D eigenvalue weighted by molar-refractivity contribution is 0.0949. The molecular weight excluding hydrogens is 254 g/mol. The third-order valence-corrected chi connectivity index (χ3v) is 3.09. The molecule has 1 aromatic rings. The second-order valence-electron chi connectivity index (χ2n) is 4.93. The second kappa shape index (κ2) is 8.25. The van der Waals surface area contributed by atoms with E-state index in [1.54, 1.807) is 24.3 Å². The van der Waals surface area contributed by atoms with E-state index in [0.717, 1.165) is 13.0 Å². The van der Waals surface area contributed by atoms with E-state index < -0.39 is 0 Å². The van der Waals surface area contributed by atoms with Crippen LogP contribution in [0.15, 0.2) is 24.3 Å². The predicted octanol–water partition coefficient (Wildman–Crippen LogP) is 1.44. The van der Waals surface area contributed by atoms with Gasteiger partial charge in [-0.15, -0.1) is 0 Å². The van der Waals surface area contributed by atoms with Crippen LogP contribution in [-0.2, 0) is 0 Å². The first-order chi connectivity index (χ1) is 9.56. The zero-order chi connectivity index (χ0) is 15.0. The van der Waals surface area contributed by atoms with E-state index in [1.165, 1.54) is 0 Å². The Morgan fingerprint density at radius 3 is 2.50 bits per heavy atom. The molecule has 6 heteroatoms. The minimum atomic E-state index is -0.125. The molecule has 0 saturated heterocycles. The SMILES string of the molecule is CNC(CCN(C)C)CNC(=O)c1ccc([N+]#N)cc1. The van der Waals surface area contributed by atoms with Crippen molar-refractivity contribution in [3.05, 3.63) is 34.8 Å². The summed E-state index contributed by atoms with van der Waals surface area (Å²) in [4.78, 5) is 17.1. The highest BCUT2D eigenvalue weighted by Crippen LogP contribution is 2.12. The predicted molar refractivity (Wildman–Crippen MR) is 79.5 cm³/mol. The number of rotatable bonds is 7. The van der Waals surface area contributed by atoms with Crippen LogP contribution < -0.4 is 10.6 Å². The number of benzene rings is 1. The largest absolute Gasteiger partial charge is 0.385 e. The highest BCUT2D eigenvalue weighted by Gasteiger charge is 2.11. The smallest absolute Gasteiger partial charge is 0.350 e. The fraction of sp³-hybridized carbons (Fsp3) is 0.500. The number of hydrogen-bond donors (Lipinski definition) is 2. The molecule has 1 rings (SSSR count). The van der Waals surface area contributed by atoms with Crippen LogP contribution in [0.2, 0.25) is 0 Å². The Bertz CT molecular complexity index is 463. The van der Waals surface area contributed by atoms with Gasteiger partial charge in [-0.05, 0) is 46.2 Å². The van der Waals surface area contributed by atoms with Gasteiger partial charge in [0.1, 0.15) is 0 Å². The van der Waals surface area contributed by atoms with Gasteiger partial charge in [0.2, 0.25) is 5.39 Å². The number of nitrogens with one attached hydrogen (secondary N) is 2. The molecule has 20 heavy (non-hydrogen) atoms. The highest BCUT2D eigenvalue weighted by atomic mass is 16.1. The van der Waals surface area contributed by atoms with Gasteiger partial charge in [0.15, 0.2) is 4.98 Å². The van der Waals surface area contributed by atoms with Crippen LogP contribution in [-0.4, -0.2) is 51.1 Å². The molecular formula is C14H22N5O+. The van der Waals surface area contributed by atoms with Crippen molar-refractivity contribution in [1.82, 2.24) is 15.5 Å². The van der Waals surface area contributed by atoms with Gasteiger partial charge in [-0.1, -0.05) is 0 Å². The van der Waals surface area contributed by atoms with Crippen molar-refractivity contribution in [3.63, 3.8) is 0 Å². The van der Waals surface area contributed by atoms with Crippen LogP contribution in [0.25, 0.3) is 4.98 Å². The Balaban J connectivity index is 2.46. The van der Waals surface area contributed by atoms with E-state index in [9.17, 15) is 4.79 Å². The molecule has 1 atom stereocenters. The molecule has 0 aliphatic carbocycles. The van der Waals surface area contributed by atoms with Gasteiger partial charge in [0, 0.05) is 30.3 Å². The van der Waals surface area contributed by atoms with E-state index in [2.05, 4.69) is 20.5 Å². The van der Waals surface area contributed by atoms with Crippen LogP contribution in [0, 0.1) is 5.39 Å². The van der Waals surface area contributed by atoms with Crippen LogP contribution in [0.5, 0.6) is 0 Å². The van der Waals surface area contributed by atoms with Crippen molar-refractivity contribution in [2.45, 2.75) is 12.5 Å². The number of nitrogens with zero attached hydrogens (tertiary/aromatic N) is 3. The minimum absolute atomic E-state index is 0.125. The molecule has 1 unspecified atom stereocenters. The monoisotopic (exact) mass is 276 g/mol. The van der Waals surface area contributed by atoms with E-state index in [4.69, 9.17) is 5.39 Å². The summed E-state index contributed by atoms with van der Waals surface area (Å²) in [7, 11) is 5.95. The summed E-state index contributed by atoms with van der Waals surface area (Å²) in [6.07, 6.45) is 0.964. The van der Waals surface area contributed by atoms with Crippen molar-refractivity contribution < 1.29 is 4.79 Å². The van der Waals surface area contributed by atoms with Crippen molar-refractivity contribution in [3.8, 4) is 0 Å². The average Bonchev–Trinajstić information content (AvgIpc) is 2.47. The van der Waals surface area contributed by atoms with Gasteiger partial charge >= 0.3 is 5.69 Å². The number of likely N-dealkylation sites (N-methyl/N-ethyl adjacent to an activating group) is 1. The first-order valence-corrected chi connectivity index (χ1v) is 6.62. The van der Waals surface area contributed by atoms with Gasteiger partial charge in [0.05, 0.1) is 0 Å². The van der Waals surface area contributed by atoms with Gasteiger partial charge in [-0.25, -0.2) is 0 Å². The Morgan fingerprint density at radius 2 is 2.00 bits per heavy atom. The van der Waals surface area contributed by atoms with Crippen LogP contribution in [0.1, 0.15) is 16.8 Å². The molecule has 6 nitrogen and oxygen atoms in total. The van der Waals surface area contributed by atoms with Crippen molar-refractivity contribution in [1.29, 1.82) is 5.39 Å². The highest BCUT2D eigenvalue weighted by molar-refractivity contribution is 5.94. The van der Waals surface area contributed by atoms with Gasteiger partial charge in [-0.3, -0.25) is 4.79 Å². The first-order valence-electron chi connectivity index (χ1n) is 6.62. The van der Waals surface area contributed by atoms with Crippen molar-refractivity contribution in [2.75, 3.05) is 34.2 Å². The zero-order valence-electron chi connectivity index (χ0n) is 12.3. The van der Waals surface area contributed by atoms with Crippen molar-refractivity contribution >= 4 is 11.6 Å². The summed E-state index contributed by atoms with van der Waals surface area (Å²) in [6, 6.07) is 6.71. The number of hydrogen-bond acceptors (Lipinski definition) is 4. The lowest BCUT2D eigenvalue weighted by Gasteiger charge is -2.19. The normalized spacial score (nSPS) is 11.9. The molecule has 1 aromatic carbocycles. The lowest BCUT2D eigenvalue weighted by Crippen LogP contribution is -2.40. The molecule has 0 heterocycles. The van der Waals surface area contributed by atoms with E-state index in [0.29, 0.717) is 17.8 Å². The van der Waals surface area contributed by atoms with Crippen LogP contribution in [0.4, 0.5) is 5.69 Å². The molecule has 0 radical (unpaired) electrons.